The molecule has 0 atom stereocenters. The van der Waals surface area contributed by atoms with E-state index in [1.165, 1.54) is 81.1 Å². The van der Waals surface area contributed by atoms with Crippen LogP contribution >= 0.6 is 11.8 Å². The molecule has 0 aliphatic carbocycles. The smallest absolute Gasteiger partial charge is 0.0625 e. The molecule has 0 fully saturated rings. The third-order valence-corrected chi connectivity index (χ3v) is 9.50. The van der Waals surface area contributed by atoms with Crippen molar-refractivity contribution in [3.63, 3.8) is 0 Å². The highest BCUT2D eigenvalue weighted by atomic mass is 32.2. The van der Waals surface area contributed by atoms with E-state index in [1.54, 1.807) is 0 Å². The molecule has 0 bridgehead atoms. The lowest BCUT2D eigenvalue weighted by Gasteiger charge is -2.22. The van der Waals surface area contributed by atoms with Crippen LogP contribution in [0.5, 0.6) is 0 Å². The normalized spacial score (nSPS) is 12.4. The number of hydrogen-bond acceptors (Lipinski definition) is 1. The predicted octanol–water partition coefficient (Wildman–Crippen LogP) is 10.9. The van der Waals surface area contributed by atoms with Gasteiger partial charge in [0.25, 0.3) is 0 Å². The molecule has 0 saturated heterocycles. The van der Waals surface area contributed by atoms with Crippen LogP contribution in [0, 0.1) is 0 Å². The zero-order valence-electron chi connectivity index (χ0n) is 21.6. The monoisotopic (exact) mass is 525 g/mol. The highest BCUT2D eigenvalue weighted by Gasteiger charge is 2.23. The number of hydrogen-bond donors (Lipinski definition) is 0. The molecule has 1 nitrogen and oxygen atoms in total. The second-order valence-corrected chi connectivity index (χ2v) is 11.6. The molecule has 0 amide bonds. The first-order valence-corrected chi connectivity index (χ1v) is 14.5. The summed E-state index contributed by atoms with van der Waals surface area (Å²) >= 11 is 1.88. The Morgan fingerprint density at radius 1 is 0.425 bits per heavy atom. The van der Waals surface area contributed by atoms with Crippen molar-refractivity contribution >= 4 is 55.1 Å². The van der Waals surface area contributed by atoms with Crippen molar-refractivity contribution in [1.82, 2.24) is 4.57 Å². The lowest BCUT2D eigenvalue weighted by molar-refractivity contribution is 1.19. The molecule has 1 aliphatic rings. The zero-order valence-corrected chi connectivity index (χ0v) is 22.5. The van der Waals surface area contributed by atoms with Gasteiger partial charge >= 0.3 is 0 Å². The summed E-state index contributed by atoms with van der Waals surface area (Å²) in [4.78, 5) is 2.66. The van der Waals surface area contributed by atoms with Gasteiger partial charge in [-0.2, -0.15) is 0 Å². The van der Waals surface area contributed by atoms with E-state index in [0.717, 1.165) is 0 Å². The van der Waals surface area contributed by atoms with Gasteiger partial charge in [-0.25, -0.2) is 0 Å². The molecule has 0 unspecified atom stereocenters. The number of nitrogens with zero attached hydrogens (tertiary/aromatic N) is 1. The third kappa shape index (κ3) is 3.00. The Morgan fingerprint density at radius 2 is 1.15 bits per heavy atom. The Balaban J connectivity index is 1.47. The second kappa shape index (κ2) is 8.35. The number of para-hydroxylation sites is 2. The molecule has 8 aromatic rings. The van der Waals surface area contributed by atoms with E-state index in [4.69, 9.17) is 0 Å². The number of fused-ring (bicyclic) bond motifs is 7. The molecule has 2 heteroatoms. The molecular formula is C38H23NS. The average Bonchev–Trinajstić information content (AvgIpc) is 3.37. The second-order valence-electron chi connectivity index (χ2n) is 10.5. The lowest BCUT2D eigenvalue weighted by Crippen LogP contribution is -1.95. The topological polar surface area (TPSA) is 4.93 Å². The Bertz CT molecular complexity index is 2290. The van der Waals surface area contributed by atoms with Crippen LogP contribution in [0.2, 0.25) is 0 Å². The Kier molecular flexibility index (Phi) is 4.61. The summed E-state index contributed by atoms with van der Waals surface area (Å²) in [7, 11) is 0. The fourth-order valence-corrected chi connectivity index (χ4v) is 7.84. The molecule has 0 N–H and O–H groups in total. The summed E-state index contributed by atoms with van der Waals surface area (Å²) in [6, 6.07) is 51.2. The van der Waals surface area contributed by atoms with Gasteiger partial charge < -0.3 is 4.57 Å². The number of rotatable bonds is 2. The number of benzene rings is 7. The summed E-state index contributed by atoms with van der Waals surface area (Å²) in [5, 5.41) is 7.78. The summed E-state index contributed by atoms with van der Waals surface area (Å²) < 4.78 is 2.45. The van der Waals surface area contributed by atoms with Crippen LogP contribution in [0.25, 0.3) is 71.3 Å². The minimum absolute atomic E-state index is 1.18. The van der Waals surface area contributed by atoms with E-state index in [1.807, 2.05) is 11.8 Å². The molecule has 2 heterocycles. The van der Waals surface area contributed by atoms with Crippen LogP contribution in [-0.4, -0.2) is 4.57 Å². The molecule has 1 aromatic heterocycles. The van der Waals surface area contributed by atoms with Crippen LogP contribution in [0.15, 0.2) is 149 Å². The Hall–Kier alpha value is -4.79. The van der Waals surface area contributed by atoms with E-state index >= 15 is 0 Å². The van der Waals surface area contributed by atoms with Gasteiger partial charge in [-0.3, -0.25) is 0 Å². The fraction of sp³-hybridized carbons (Fsp3) is 0. The SMILES string of the molecule is c1ccc(-n2c3ccccc3c3c(-c4ccc5c6c(cccc46)-c4ccccc4S5)cc4ccccc4c32)cc1. The van der Waals surface area contributed by atoms with Crippen molar-refractivity contribution in [2.75, 3.05) is 0 Å². The van der Waals surface area contributed by atoms with Crippen molar-refractivity contribution in [1.29, 1.82) is 0 Å². The summed E-state index contributed by atoms with van der Waals surface area (Å²) in [5.41, 5.74) is 8.90. The summed E-state index contributed by atoms with van der Waals surface area (Å²) in [6.45, 7) is 0. The minimum Gasteiger partial charge on any atom is -0.309 e. The average molecular weight is 526 g/mol. The van der Waals surface area contributed by atoms with E-state index in [2.05, 4.69) is 144 Å². The third-order valence-electron chi connectivity index (χ3n) is 8.36. The molecule has 0 saturated carbocycles. The molecule has 186 valence electrons. The molecule has 0 radical (unpaired) electrons. The van der Waals surface area contributed by atoms with Crippen molar-refractivity contribution < 1.29 is 0 Å². The molecule has 9 rings (SSSR count). The predicted molar refractivity (Wildman–Crippen MR) is 171 cm³/mol. The van der Waals surface area contributed by atoms with Crippen molar-refractivity contribution in [3.05, 3.63) is 140 Å². The van der Waals surface area contributed by atoms with Gasteiger partial charge in [0.2, 0.25) is 0 Å². The van der Waals surface area contributed by atoms with Crippen molar-refractivity contribution in [2.45, 2.75) is 9.79 Å². The maximum Gasteiger partial charge on any atom is 0.0625 e. The van der Waals surface area contributed by atoms with E-state index < -0.39 is 0 Å². The summed E-state index contributed by atoms with van der Waals surface area (Å²) in [6.07, 6.45) is 0. The van der Waals surface area contributed by atoms with Gasteiger partial charge in [-0.05, 0) is 69.4 Å². The number of aromatic nitrogens is 1. The quantitative estimate of drug-likeness (QED) is 0.217. The van der Waals surface area contributed by atoms with Crippen LogP contribution in [0.1, 0.15) is 0 Å². The standard InChI is InChI=1S/C38H23NS/c1-2-12-25(13-3-1)39-33-19-8-6-16-31(33)37-32(23-24-11-4-5-14-26(24)38(37)39)27-21-22-35-36-29(27)17-10-18-30(36)28-15-7-9-20-34(28)40-35/h1-23H. The first-order chi connectivity index (χ1) is 19.9. The van der Waals surface area contributed by atoms with Crippen LogP contribution in [0.4, 0.5) is 0 Å². The van der Waals surface area contributed by atoms with Gasteiger partial charge in [-0.15, -0.1) is 0 Å². The van der Waals surface area contributed by atoms with E-state index in [9.17, 15) is 0 Å². The fourth-order valence-electron chi connectivity index (χ4n) is 6.71. The van der Waals surface area contributed by atoms with Gasteiger partial charge in [0.15, 0.2) is 0 Å². The molecule has 40 heavy (non-hydrogen) atoms. The Morgan fingerprint density at radius 3 is 2.08 bits per heavy atom. The maximum absolute atomic E-state index is 2.45. The van der Waals surface area contributed by atoms with Gasteiger partial charge in [0.1, 0.15) is 0 Å². The van der Waals surface area contributed by atoms with Gasteiger partial charge in [0, 0.05) is 37.0 Å². The van der Waals surface area contributed by atoms with Crippen molar-refractivity contribution in [2.24, 2.45) is 0 Å². The first-order valence-electron chi connectivity index (χ1n) is 13.7. The zero-order chi connectivity index (χ0) is 26.2. The molecular weight excluding hydrogens is 502 g/mol. The molecule has 0 spiro atoms. The van der Waals surface area contributed by atoms with Gasteiger partial charge in [-0.1, -0.05) is 115 Å². The van der Waals surface area contributed by atoms with Crippen LogP contribution in [0.3, 0.4) is 0 Å². The first kappa shape index (κ1) is 22.1. The molecule has 1 aliphatic heterocycles. The highest BCUT2D eigenvalue weighted by Crippen LogP contribution is 2.51. The largest absolute Gasteiger partial charge is 0.309 e. The van der Waals surface area contributed by atoms with E-state index in [0.29, 0.717) is 0 Å². The lowest BCUT2D eigenvalue weighted by atomic mass is 9.89. The van der Waals surface area contributed by atoms with E-state index in [-0.39, 0.29) is 0 Å². The van der Waals surface area contributed by atoms with Gasteiger partial charge in [0.05, 0.1) is 11.0 Å². The maximum atomic E-state index is 2.45. The van der Waals surface area contributed by atoms with Crippen LogP contribution in [-0.2, 0) is 0 Å². The molecule has 7 aromatic carbocycles. The highest BCUT2D eigenvalue weighted by molar-refractivity contribution is 7.99. The summed E-state index contributed by atoms with van der Waals surface area (Å²) in [5.74, 6) is 0. The van der Waals surface area contributed by atoms with Crippen LogP contribution < -0.4 is 0 Å². The Labute approximate surface area is 236 Å². The van der Waals surface area contributed by atoms with Crippen molar-refractivity contribution in [3.8, 4) is 27.9 Å². The minimum atomic E-state index is 1.18.